The fraction of sp³-hybridized carbons (Fsp3) is 0.391. The predicted octanol–water partition coefficient (Wildman–Crippen LogP) is 4.60. The number of nitrogens with zero attached hydrogens (tertiary/aromatic N) is 1. The highest BCUT2D eigenvalue weighted by atomic mass is 32.1. The Kier molecular flexibility index (Phi) is 5.21. The quantitative estimate of drug-likeness (QED) is 0.622. The van der Waals surface area contributed by atoms with Crippen LogP contribution in [-0.4, -0.2) is 11.1 Å². The van der Waals surface area contributed by atoms with Crippen LogP contribution in [0.5, 0.6) is 0 Å². The molecule has 0 fully saturated rings. The minimum atomic E-state index is -0.421. The molecule has 2 heterocycles. The smallest absolute Gasteiger partial charge is 0.251 e. The standard InChI is InChI=1S/C23H27N3O2S/c1-14(2)18-12-16(28-26-18)8-10-23(15-6-4-3-5-7-15)11-9-17-19(13-23)29-22(25)20(17)21(24)27/h3-7,12,14H,8-11,13,25H2,1-2H3,(H2,24,27). The molecular formula is C23H27N3O2S. The van der Waals surface area contributed by atoms with Crippen LogP contribution in [0.1, 0.15) is 70.4 Å². The van der Waals surface area contributed by atoms with Crippen molar-refractivity contribution in [3.05, 3.63) is 69.4 Å². The molecule has 152 valence electrons. The molecule has 0 aliphatic heterocycles. The third-order valence-electron chi connectivity index (χ3n) is 6.12. The molecule has 1 aliphatic carbocycles. The van der Waals surface area contributed by atoms with E-state index in [9.17, 15) is 4.79 Å². The Morgan fingerprint density at radius 1 is 1.31 bits per heavy atom. The van der Waals surface area contributed by atoms with E-state index in [0.29, 0.717) is 16.5 Å². The average Bonchev–Trinajstić information content (AvgIpc) is 3.30. The SMILES string of the molecule is CC(C)c1cc(CCC2(c3ccccc3)CCc3c(sc(N)c3C(N)=O)C2)on1. The Bertz CT molecular complexity index is 1020. The molecule has 2 aromatic heterocycles. The van der Waals surface area contributed by atoms with Gasteiger partial charge in [0, 0.05) is 22.8 Å². The summed E-state index contributed by atoms with van der Waals surface area (Å²) in [4.78, 5) is 13.1. The molecule has 1 unspecified atom stereocenters. The summed E-state index contributed by atoms with van der Waals surface area (Å²) in [6.45, 7) is 4.24. The Morgan fingerprint density at radius 2 is 2.07 bits per heavy atom. The lowest BCUT2D eigenvalue weighted by Crippen LogP contribution is -2.34. The van der Waals surface area contributed by atoms with Crippen molar-refractivity contribution >= 4 is 22.2 Å². The topological polar surface area (TPSA) is 95.1 Å². The zero-order valence-electron chi connectivity index (χ0n) is 16.9. The van der Waals surface area contributed by atoms with Crippen molar-refractivity contribution in [2.45, 2.75) is 57.3 Å². The van der Waals surface area contributed by atoms with Gasteiger partial charge < -0.3 is 16.0 Å². The molecule has 0 saturated carbocycles. The van der Waals surface area contributed by atoms with Gasteiger partial charge in [-0.3, -0.25) is 4.79 Å². The number of aryl methyl sites for hydroxylation is 1. The van der Waals surface area contributed by atoms with E-state index in [1.165, 1.54) is 21.8 Å². The fourth-order valence-corrected chi connectivity index (χ4v) is 5.72. The molecule has 3 aromatic rings. The van der Waals surface area contributed by atoms with Crippen molar-refractivity contribution in [3.8, 4) is 0 Å². The zero-order valence-corrected chi connectivity index (χ0v) is 17.7. The van der Waals surface area contributed by atoms with Gasteiger partial charge in [0.25, 0.3) is 5.91 Å². The van der Waals surface area contributed by atoms with Gasteiger partial charge in [0.15, 0.2) is 0 Å². The molecule has 1 aliphatic rings. The summed E-state index contributed by atoms with van der Waals surface area (Å²) >= 11 is 1.51. The summed E-state index contributed by atoms with van der Waals surface area (Å²) in [5.41, 5.74) is 15.6. The Balaban J connectivity index is 1.66. The van der Waals surface area contributed by atoms with E-state index in [1.807, 2.05) is 6.07 Å². The maximum atomic E-state index is 11.9. The zero-order chi connectivity index (χ0) is 20.6. The normalized spacial score (nSPS) is 18.7. The first kappa shape index (κ1) is 19.7. The van der Waals surface area contributed by atoms with Crippen LogP contribution < -0.4 is 11.5 Å². The van der Waals surface area contributed by atoms with Gasteiger partial charge >= 0.3 is 0 Å². The van der Waals surface area contributed by atoms with Crippen molar-refractivity contribution in [2.75, 3.05) is 5.73 Å². The maximum absolute atomic E-state index is 11.9. The number of carbonyl (C=O) groups excluding carboxylic acids is 1. The largest absolute Gasteiger partial charge is 0.390 e. The number of fused-ring (bicyclic) bond motifs is 1. The summed E-state index contributed by atoms with van der Waals surface area (Å²) in [5, 5.41) is 4.75. The van der Waals surface area contributed by atoms with Crippen molar-refractivity contribution in [3.63, 3.8) is 0 Å². The average molecular weight is 410 g/mol. The number of hydrogen-bond acceptors (Lipinski definition) is 5. The molecule has 5 nitrogen and oxygen atoms in total. The number of thiophene rings is 1. The van der Waals surface area contributed by atoms with Crippen LogP contribution in [0.2, 0.25) is 0 Å². The molecule has 29 heavy (non-hydrogen) atoms. The Labute approximate surface area is 175 Å². The molecule has 1 atom stereocenters. The summed E-state index contributed by atoms with van der Waals surface area (Å²) in [7, 11) is 0. The predicted molar refractivity (Wildman–Crippen MR) is 116 cm³/mol. The van der Waals surface area contributed by atoms with Crippen LogP contribution in [0.4, 0.5) is 5.00 Å². The van der Waals surface area contributed by atoms with E-state index in [4.69, 9.17) is 16.0 Å². The van der Waals surface area contributed by atoms with Crippen LogP contribution in [0.25, 0.3) is 0 Å². The lowest BCUT2D eigenvalue weighted by atomic mass is 9.66. The summed E-state index contributed by atoms with van der Waals surface area (Å²) in [6.07, 6.45) is 4.40. The second-order valence-electron chi connectivity index (χ2n) is 8.30. The van der Waals surface area contributed by atoms with Crippen molar-refractivity contribution in [1.82, 2.24) is 5.16 Å². The number of rotatable bonds is 6. The first-order chi connectivity index (χ1) is 13.9. The lowest BCUT2D eigenvalue weighted by molar-refractivity contribution is 0.1000. The van der Waals surface area contributed by atoms with E-state index in [2.05, 4.69) is 49.3 Å². The minimum absolute atomic E-state index is 0.0226. The van der Waals surface area contributed by atoms with Crippen molar-refractivity contribution in [2.24, 2.45) is 5.73 Å². The number of amides is 1. The van der Waals surface area contributed by atoms with Crippen LogP contribution >= 0.6 is 11.3 Å². The first-order valence-electron chi connectivity index (χ1n) is 10.1. The van der Waals surface area contributed by atoms with Crippen molar-refractivity contribution < 1.29 is 9.32 Å². The van der Waals surface area contributed by atoms with E-state index in [0.717, 1.165) is 49.1 Å². The molecule has 6 heteroatoms. The van der Waals surface area contributed by atoms with Gasteiger partial charge in [0.1, 0.15) is 5.76 Å². The van der Waals surface area contributed by atoms with Crippen LogP contribution in [-0.2, 0) is 24.7 Å². The third-order valence-corrected chi connectivity index (χ3v) is 7.18. The Morgan fingerprint density at radius 3 is 2.72 bits per heavy atom. The number of nitrogen functional groups attached to an aromatic ring is 1. The molecule has 0 radical (unpaired) electrons. The van der Waals surface area contributed by atoms with Crippen LogP contribution in [0, 0.1) is 0 Å². The van der Waals surface area contributed by atoms with Gasteiger partial charge in [-0.2, -0.15) is 0 Å². The van der Waals surface area contributed by atoms with E-state index < -0.39 is 5.91 Å². The highest BCUT2D eigenvalue weighted by Gasteiger charge is 2.39. The van der Waals surface area contributed by atoms with Gasteiger partial charge in [0.05, 0.1) is 16.3 Å². The minimum Gasteiger partial charge on any atom is -0.390 e. The summed E-state index contributed by atoms with van der Waals surface area (Å²) in [6, 6.07) is 12.7. The molecule has 4 rings (SSSR count). The molecule has 4 N–H and O–H groups in total. The van der Waals surface area contributed by atoms with Crippen LogP contribution in [0.15, 0.2) is 40.9 Å². The fourth-order valence-electron chi connectivity index (χ4n) is 4.45. The molecule has 1 amide bonds. The second-order valence-corrected chi connectivity index (χ2v) is 9.44. The molecule has 0 spiro atoms. The monoisotopic (exact) mass is 409 g/mol. The molecule has 1 aromatic carbocycles. The highest BCUT2D eigenvalue weighted by molar-refractivity contribution is 7.16. The highest BCUT2D eigenvalue weighted by Crippen LogP contribution is 2.46. The number of anilines is 1. The van der Waals surface area contributed by atoms with E-state index in [1.54, 1.807) is 0 Å². The molecule has 0 bridgehead atoms. The van der Waals surface area contributed by atoms with Gasteiger partial charge in [-0.25, -0.2) is 0 Å². The maximum Gasteiger partial charge on any atom is 0.251 e. The summed E-state index contributed by atoms with van der Waals surface area (Å²) in [5.74, 6) is 0.863. The third kappa shape index (κ3) is 3.69. The Hall–Kier alpha value is -2.60. The number of carbonyl (C=O) groups is 1. The lowest BCUT2D eigenvalue weighted by Gasteiger charge is -2.38. The number of hydrogen-bond donors (Lipinski definition) is 2. The molecular weight excluding hydrogens is 382 g/mol. The van der Waals surface area contributed by atoms with E-state index in [-0.39, 0.29) is 5.41 Å². The number of nitrogens with two attached hydrogens (primary N) is 2. The second kappa shape index (κ2) is 7.67. The molecule has 0 saturated heterocycles. The van der Waals surface area contributed by atoms with Crippen LogP contribution in [0.3, 0.4) is 0 Å². The van der Waals surface area contributed by atoms with Crippen molar-refractivity contribution in [1.29, 1.82) is 0 Å². The van der Waals surface area contributed by atoms with Gasteiger partial charge in [-0.05, 0) is 42.7 Å². The van der Waals surface area contributed by atoms with E-state index >= 15 is 0 Å². The number of primary amides is 1. The van der Waals surface area contributed by atoms with Gasteiger partial charge in [0.2, 0.25) is 0 Å². The van der Waals surface area contributed by atoms with Gasteiger partial charge in [-0.15, -0.1) is 11.3 Å². The number of benzene rings is 1. The number of aromatic nitrogens is 1. The first-order valence-corrected chi connectivity index (χ1v) is 10.9. The summed E-state index contributed by atoms with van der Waals surface area (Å²) < 4.78 is 5.59. The van der Waals surface area contributed by atoms with Gasteiger partial charge in [-0.1, -0.05) is 49.3 Å².